The van der Waals surface area contributed by atoms with Crippen LogP contribution in [-0.2, 0) is 4.84 Å². The zero-order valence-electron chi connectivity index (χ0n) is 4.37. The predicted octanol–water partition coefficient (Wildman–Crippen LogP) is -0.960. The highest BCUT2D eigenvalue weighted by molar-refractivity contribution is 5.86. The van der Waals surface area contributed by atoms with Gasteiger partial charge in [-0.2, -0.15) is 0 Å². The van der Waals surface area contributed by atoms with Gasteiger partial charge in [-0.05, 0) is 0 Å². The first-order valence-corrected chi connectivity index (χ1v) is 2.42. The van der Waals surface area contributed by atoms with Gasteiger partial charge in [0.25, 0.3) is 0 Å². The molecule has 4 nitrogen and oxygen atoms in total. The van der Waals surface area contributed by atoms with Crippen molar-refractivity contribution in [2.45, 2.75) is 12.7 Å². The van der Waals surface area contributed by atoms with Crippen LogP contribution in [0.15, 0.2) is 5.16 Å². The minimum absolute atomic E-state index is 0.372. The molecule has 0 aromatic heterocycles. The molecule has 1 atom stereocenters. The third kappa shape index (κ3) is 0.962. The average Bonchev–Trinajstić information content (AvgIpc) is 2.14. The van der Waals surface area contributed by atoms with E-state index in [1.165, 1.54) is 0 Å². The summed E-state index contributed by atoms with van der Waals surface area (Å²) < 4.78 is 0. The van der Waals surface area contributed by atoms with E-state index in [9.17, 15) is 0 Å². The van der Waals surface area contributed by atoms with Crippen LogP contribution in [0.5, 0.6) is 0 Å². The second-order valence-electron chi connectivity index (χ2n) is 1.63. The van der Waals surface area contributed by atoms with Crippen molar-refractivity contribution in [2.75, 3.05) is 6.54 Å². The van der Waals surface area contributed by atoms with Gasteiger partial charge in [0.1, 0.15) is 0 Å². The monoisotopic (exact) mass is 116 g/mol. The van der Waals surface area contributed by atoms with Crippen LogP contribution < -0.4 is 5.73 Å². The lowest BCUT2D eigenvalue weighted by Crippen LogP contribution is -2.14. The zero-order valence-corrected chi connectivity index (χ0v) is 4.37. The van der Waals surface area contributed by atoms with Crippen LogP contribution in [-0.4, -0.2) is 23.7 Å². The largest absolute Gasteiger partial charge is 0.363 e. The number of nitrogens with two attached hydrogens (primary N) is 1. The summed E-state index contributed by atoms with van der Waals surface area (Å²) in [6, 6.07) is 0. The predicted molar refractivity (Wildman–Crippen MR) is 28.2 cm³/mol. The zero-order chi connectivity index (χ0) is 5.98. The molecule has 0 bridgehead atoms. The molecule has 1 aliphatic heterocycles. The molecule has 0 radical (unpaired) electrons. The summed E-state index contributed by atoms with van der Waals surface area (Å²) in [6.45, 7) is 0.372. The van der Waals surface area contributed by atoms with Gasteiger partial charge in [0.05, 0.1) is 12.1 Å². The highest BCUT2D eigenvalue weighted by Gasteiger charge is 2.15. The second-order valence-corrected chi connectivity index (χ2v) is 1.63. The van der Waals surface area contributed by atoms with Gasteiger partial charge in [-0.3, -0.25) is 0 Å². The molecule has 3 N–H and O–H groups in total. The molecule has 8 heavy (non-hydrogen) atoms. The smallest absolute Gasteiger partial charge is 0.229 e. The molecular weight excluding hydrogens is 108 g/mol. The van der Waals surface area contributed by atoms with Crippen molar-refractivity contribution in [3.8, 4) is 0 Å². The summed E-state index contributed by atoms with van der Waals surface area (Å²) >= 11 is 0. The maximum absolute atomic E-state index is 8.64. The molecule has 1 heterocycles. The lowest BCUT2D eigenvalue weighted by Gasteiger charge is -1.93. The molecule has 4 heteroatoms. The molecular formula is C4H8N2O2. The number of nitrogens with zero attached hydrogens (tertiary/aromatic N) is 1. The van der Waals surface area contributed by atoms with E-state index in [2.05, 4.69) is 9.99 Å². The first-order valence-electron chi connectivity index (χ1n) is 2.42. The normalized spacial score (nSPS) is 27.2. The second kappa shape index (κ2) is 2.11. The number of aliphatic hydroxyl groups excluding tert-OH is 1. The summed E-state index contributed by atoms with van der Waals surface area (Å²) in [4.78, 5) is 4.42. The SMILES string of the molecule is NCC1=NOC(O)C1. The van der Waals surface area contributed by atoms with E-state index in [0.717, 1.165) is 5.71 Å². The van der Waals surface area contributed by atoms with Gasteiger partial charge in [0, 0.05) is 6.54 Å². The van der Waals surface area contributed by atoms with Crippen molar-refractivity contribution in [1.82, 2.24) is 0 Å². The fourth-order valence-corrected chi connectivity index (χ4v) is 0.532. The Labute approximate surface area is 46.9 Å². The molecule has 0 aliphatic carbocycles. The van der Waals surface area contributed by atoms with Crippen molar-refractivity contribution in [3.63, 3.8) is 0 Å². The summed E-state index contributed by atoms with van der Waals surface area (Å²) in [5.74, 6) is 0. The van der Waals surface area contributed by atoms with Gasteiger partial charge in [-0.1, -0.05) is 5.16 Å². The topological polar surface area (TPSA) is 67.8 Å². The van der Waals surface area contributed by atoms with Crippen molar-refractivity contribution >= 4 is 5.71 Å². The van der Waals surface area contributed by atoms with Gasteiger partial charge in [0.15, 0.2) is 0 Å². The Kier molecular flexibility index (Phi) is 1.45. The maximum atomic E-state index is 8.64. The number of hydrogen-bond acceptors (Lipinski definition) is 4. The molecule has 0 saturated carbocycles. The van der Waals surface area contributed by atoms with Crippen LogP contribution in [0.3, 0.4) is 0 Å². The lowest BCUT2D eigenvalue weighted by atomic mass is 10.3. The number of aliphatic hydroxyl groups is 1. The van der Waals surface area contributed by atoms with E-state index < -0.39 is 6.29 Å². The molecule has 0 spiro atoms. The van der Waals surface area contributed by atoms with E-state index in [0.29, 0.717) is 13.0 Å². The molecule has 0 aromatic rings. The maximum Gasteiger partial charge on any atom is 0.229 e. The Balaban J connectivity index is 2.37. The Bertz CT molecular complexity index is 113. The Morgan fingerprint density at radius 1 is 2.00 bits per heavy atom. The summed E-state index contributed by atoms with van der Waals surface area (Å²) in [5, 5.41) is 12.1. The minimum atomic E-state index is -0.756. The van der Waals surface area contributed by atoms with E-state index >= 15 is 0 Å². The molecule has 0 saturated heterocycles. The molecule has 1 aliphatic rings. The molecule has 0 aromatic carbocycles. The van der Waals surface area contributed by atoms with Crippen molar-refractivity contribution in [2.24, 2.45) is 10.9 Å². The molecule has 1 rings (SSSR count). The van der Waals surface area contributed by atoms with Crippen LogP contribution in [0.4, 0.5) is 0 Å². The van der Waals surface area contributed by atoms with Crippen molar-refractivity contribution in [3.05, 3.63) is 0 Å². The van der Waals surface area contributed by atoms with Gasteiger partial charge in [-0.25, -0.2) is 0 Å². The molecule has 0 fully saturated rings. The minimum Gasteiger partial charge on any atom is -0.363 e. The van der Waals surface area contributed by atoms with Crippen molar-refractivity contribution in [1.29, 1.82) is 0 Å². The Hall–Kier alpha value is -0.610. The number of hydrogen-bond donors (Lipinski definition) is 2. The van der Waals surface area contributed by atoms with Gasteiger partial charge < -0.3 is 15.7 Å². The van der Waals surface area contributed by atoms with E-state index in [1.54, 1.807) is 0 Å². The summed E-state index contributed by atoms with van der Waals surface area (Å²) in [6.07, 6.45) is -0.301. The van der Waals surface area contributed by atoms with E-state index in [4.69, 9.17) is 10.8 Å². The van der Waals surface area contributed by atoms with Crippen LogP contribution >= 0.6 is 0 Å². The third-order valence-corrected chi connectivity index (χ3v) is 0.949. The number of rotatable bonds is 1. The average molecular weight is 116 g/mol. The molecule has 46 valence electrons. The van der Waals surface area contributed by atoms with Crippen LogP contribution in [0, 0.1) is 0 Å². The highest BCUT2D eigenvalue weighted by Crippen LogP contribution is 2.04. The van der Waals surface area contributed by atoms with Gasteiger partial charge in [-0.15, -0.1) is 0 Å². The Morgan fingerprint density at radius 3 is 3.00 bits per heavy atom. The summed E-state index contributed by atoms with van der Waals surface area (Å²) in [7, 11) is 0. The fraction of sp³-hybridized carbons (Fsp3) is 0.750. The van der Waals surface area contributed by atoms with E-state index in [1.807, 2.05) is 0 Å². The molecule has 1 unspecified atom stereocenters. The Morgan fingerprint density at radius 2 is 2.75 bits per heavy atom. The first-order chi connectivity index (χ1) is 3.83. The van der Waals surface area contributed by atoms with E-state index in [-0.39, 0.29) is 0 Å². The lowest BCUT2D eigenvalue weighted by molar-refractivity contribution is -0.0762. The highest BCUT2D eigenvalue weighted by atomic mass is 16.7. The van der Waals surface area contributed by atoms with Gasteiger partial charge in [0.2, 0.25) is 6.29 Å². The first kappa shape index (κ1) is 5.53. The van der Waals surface area contributed by atoms with Crippen LogP contribution in [0.25, 0.3) is 0 Å². The van der Waals surface area contributed by atoms with Gasteiger partial charge >= 0.3 is 0 Å². The van der Waals surface area contributed by atoms with Crippen LogP contribution in [0.1, 0.15) is 6.42 Å². The fourth-order valence-electron chi connectivity index (χ4n) is 0.532. The quantitative estimate of drug-likeness (QED) is 0.463. The summed E-state index contributed by atoms with van der Waals surface area (Å²) in [5.41, 5.74) is 5.89. The third-order valence-electron chi connectivity index (χ3n) is 0.949. The van der Waals surface area contributed by atoms with Crippen LogP contribution in [0.2, 0.25) is 0 Å². The standard InChI is InChI=1S/C4H8N2O2/c5-2-3-1-4(7)8-6-3/h4,7H,1-2,5H2. The number of oxime groups is 1. The van der Waals surface area contributed by atoms with Crippen molar-refractivity contribution < 1.29 is 9.94 Å². The molecule has 0 amide bonds.